The number of methoxy groups -OCH3 is 2. The lowest BCUT2D eigenvalue weighted by molar-refractivity contribution is -0.147. The average molecular weight is 281 g/mol. The summed E-state index contributed by atoms with van der Waals surface area (Å²) in [7, 11) is 4.70. The standard InChI is InChI=1S/C15H20FNO3/c1-17(14(11-5-6-11)15(18)20-3)9-10-4-7-13(19-2)12(16)8-10/h4,7-8,11,14H,5-6,9H2,1-3H3. The number of hydrogen-bond acceptors (Lipinski definition) is 4. The Kier molecular flexibility index (Phi) is 4.60. The van der Waals surface area contributed by atoms with E-state index in [9.17, 15) is 9.18 Å². The van der Waals surface area contributed by atoms with E-state index in [-0.39, 0.29) is 23.6 Å². The SMILES string of the molecule is COC(=O)C(C1CC1)N(C)Cc1ccc(OC)c(F)c1. The molecule has 110 valence electrons. The summed E-state index contributed by atoms with van der Waals surface area (Å²) < 4.78 is 23.4. The number of carbonyl (C=O) groups is 1. The number of ether oxygens (including phenoxy) is 2. The summed E-state index contributed by atoms with van der Waals surface area (Å²) in [5.74, 6) is -0.0258. The summed E-state index contributed by atoms with van der Waals surface area (Å²) >= 11 is 0. The van der Waals surface area contributed by atoms with Crippen molar-refractivity contribution in [2.45, 2.75) is 25.4 Å². The third-order valence-corrected chi connectivity index (χ3v) is 3.63. The van der Waals surface area contributed by atoms with Gasteiger partial charge in [-0.05, 0) is 43.5 Å². The van der Waals surface area contributed by atoms with Gasteiger partial charge in [0.1, 0.15) is 6.04 Å². The van der Waals surface area contributed by atoms with Crippen LogP contribution in [0.4, 0.5) is 4.39 Å². The lowest BCUT2D eigenvalue weighted by atomic mass is 10.1. The average Bonchev–Trinajstić information content (AvgIpc) is 3.23. The third-order valence-electron chi connectivity index (χ3n) is 3.63. The number of esters is 1. The molecule has 1 aliphatic rings. The second-order valence-electron chi connectivity index (χ2n) is 5.19. The molecular formula is C15H20FNO3. The van der Waals surface area contributed by atoms with Crippen molar-refractivity contribution < 1.29 is 18.7 Å². The molecule has 2 rings (SSSR count). The molecule has 0 heterocycles. The Balaban J connectivity index is 2.07. The van der Waals surface area contributed by atoms with Gasteiger partial charge in [-0.3, -0.25) is 9.69 Å². The van der Waals surface area contributed by atoms with Crippen LogP contribution >= 0.6 is 0 Å². The van der Waals surface area contributed by atoms with Crippen LogP contribution in [-0.2, 0) is 16.1 Å². The van der Waals surface area contributed by atoms with Gasteiger partial charge in [-0.25, -0.2) is 4.39 Å². The maximum atomic E-state index is 13.7. The van der Waals surface area contributed by atoms with Gasteiger partial charge >= 0.3 is 5.97 Å². The minimum absolute atomic E-state index is 0.219. The Hall–Kier alpha value is -1.62. The largest absolute Gasteiger partial charge is 0.494 e. The molecule has 0 bridgehead atoms. The van der Waals surface area contributed by atoms with Crippen molar-refractivity contribution >= 4 is 5.97 Å². The minimum Gasteiger partial charge on any atom is -0.494 e. The zero-order chi connectivity index (χ0) is 14.7. The van der Waals surface area contributed by atoms with Gasteiger partial charge in [-0.2, -0.15) is 0 Å². The van der Waals surface area contributed by atoms with E-state index in [4.69, 9.17) is 9.47 Å². The van der Waals surface area contributed by atoms with E-state index in [0.717, 1.165) is 18.4 Å². The Morgan fingerprint density at radius 2 is 2.15 bits per heavy atom. The lowest BCUT2D eigenvalue weighted by Crippen LogP contribution is -2.40. The zero-order valence-corrected chi connectivity index (χ0v) is 12.1. The highest BCUT2D eigenvalue weighted by Crippen LogP contribution is 2.36. The van der Waals surface area contributed by atoms with Gasteiger partial charge in [0.05, 0.1) is 14.2 Å². The molecule has 0 spiro atoms. The van der Waals surface area contributed by atoms with Crippen LogP contribution < -0.4 is 4.74 Å². The van der Waals surface area contributed by atoms with Crippen molar-refractivity contribution in [2.24, 2.45) is 5.92 Å². The Labute approximate surface area is 118 Å². The number of benzene rings is 1. The quantitative estimate of drug-likeness (QED) is 0.749. The smallest absolute Gasteiger partial charge is 0.323 e. The molecule has 1 unspecified atom stereocenters. The molecule has 20 heavy (non-hydrogen) atoms. The fourth-order valence-electron chi connectivity index (χ4n) is 2.46. The zero-order valence-electron chi connectivity index (χ0n) is 12.1. The highest BCUT2D eigenvalue weighted by Gasteiger charge is 2.39. The van der Waals surface area contributed by atoms with Gasteiger partial charge in [-0.15, -0.1) is 0 Å². The summed E-state index contributed by atoms with van der Waals surface area (Å²) in [6.45, 7) is 0.497. The molecule has 1 atom stereocenters. The number of likely N-dealkylation sites (N-methyl/N-ethyl adjacent to an activating group) is 1. The maximum Gasteiger partial charge on any atom is 0.323 e. The van der Waals surface area contributed by atoms with Crippen LogP contribution in [0.1, 0.15) is 18.4 Å². The van der Waals surface area contributed by atoms with E-state index in [2.05, 4.69) is 0 Å². The molecule has 5 heteroatoms. The summed E-state index contributed by atoms with van der Waals surface area (Å²) in [5, 5.41) is 0. The molecule has 0 aromatic heterocycles. The van der Waals surface area contributed by atoms with Crippen molar-refractivity contribution in [1.29, 1.82) is 0 Å². The van der Waals surface area contributed by atoms with Gasteiger partial charge in [0.15, 0.2) is 11.6 Å². The Morgan fingerprint density at radius 1 is 1.45 bits per heavy atom. The molecular weight excluding hydrogens is 261 g/mol. The van der Waals surface area contributed by atoms with Crippen molar-refractivity contribution in [3.05, 3.63) is 29.6 Å². The molecule has 1 fully saturated rings. The van der Waals surface area contributed by atoms with Gasteiger partial charge < -0.3 is 9.47 Å². The molecule has 0 amide bonds. The summed E-state index contributed by atoms with van der Waals surface area (Å²) in [6, 6.07) is 4.60. The van der Waals surface area contributed by atoms with Crippen LogP contribution in [0.5, 0.6) is 5.75 Å². The number of nitrogens with zero attached hydrogens (tertiary/aromatic N) is 1. The second-order valence-corrected chi connectivity index (χ2v) is 5.19. The number of carbonyl (C=O) groups excluding carboxylic acids is 1. The molecule has 0 N–H and O–H groups in total. The molecule has 0 aliphatic heterocycles. The van der Waals surface area contributed by atoms with E-state index in [0.29, 0.717) is 12.5 Å². The van der Waals surface area contributed by atoms with Gasteiger partial charge in [0, 0.05) is 6.54 Å². The molecule has 1 saturated carbocycles. The van der Waals surface area contributed by atoms with Crippen LogP contribution in [0.15, 0.2) is 18.2 Å². The van der Waals surface area contributed by atoms with Gasteiger partial charge in [-0.1, -0.05) is 6.07 Å². The molecule has 0 saturated heterocycles. The van der Waals surface area contributed by atoms with Crippen molar-refractivity contribution in [3.63, 3.8) is 0 Å². The van der Waals surface area contributed by atoms with E-state index in [1.807, 2.05) is 11.9 Å². The topological polar surface area (TPSA) is 38.8 Å². The molecule has 1 aromatic carbocycles. The van der Waals surface area contributed by atoms with Crippen molar-refractivity contribution in [3.8, 4) is 5.75 Å². The van der Waals surface area contributed by atoms with Gasteiger partial charge in [0.2, 0.25) is 0 Å². The predicted molar refractivity (Wildman–Crippen MR) is 72.9 cm³/mol. The number of halogens is 1. The Morgan fingerprint density at radius 3 is 2.65 bits per heavy atom. The first kappa shape index (κ1) is 14.8. The molecule has 1 aliphatic carbocycles. The molecule has 0 radical (unpaired) electrons. The van der Waals surface area contributed by atoms with Gasteiger partial charge in [0.25, 0.3) is 0 Å². The van der Waals surface area contributed by atoms with Crippen molar-refractivity contribution in [2.75, 3.05) is 21.3 Å². The van der Waals surface area contributed by atoms with Crippen molar-refractivity contribution in [1.82, 2.24) is 4.90 Å². The van der Waals surface area contributed by atoms with Crippen LogP contribution in [0.2, 0.25) is 0 Å². The van der Waals surface area contributed by atoms with Crippen LogP contribution in [-0.4, -0.2) is 38.2 Å². The normalized spacial score (nSPS) is 16.1. The van der Waals surface area contributed by atoms with Crippen LogP contribution in [0.25, 0.3) is 0 Å². The summed E-state index contributed by atoms with van der Waals surface area (Å²) in [6.07, 6.45) is 2.09. The van der Waals surface area contributed by atoms with E-state index in [1.165, 1.54) is 20.3 Å². The number of rotatable bonds is 6. The lowest BCUT2D eigenvalue weighted by Gasteiger charge is -2.25. The first-order chi connectivity index (χ1) is 9.56. The maximum absolute atomic E-state index is 13.7. The first-order valence-corrected chi connectivity index (χ1v) is 6.67. The highest BCUT2D eigenvalue weighted by atomic mass is 19.1. The summed E-state index contributed by atoms with van der Waals surface area (Å²) in [5.41, 5.74) is 0.806. The summed E-state index contributed by atoms with van der Waals surface area (Å²) in [4.78, 5) is 13.8. The first-order valence-electron chi connectivity index (χ1n) is 6.67. The Bertz CT molecular complexity index is 488. The van der Waals surface area contributed by atoms with E-state index >= 15 is 0 Å². The highest BCUT2D eigenvalue weighted by molar-refractivity contribution is 5.76. The third kappa shape index (κ3) is 3.28. The second kappa shape index (κ2) is 6.22. The fourth-order valence-corrected chi connectivity index (χ4v) is 2.46. The molecule has 4 nitrogen and oxygen atoms in total. The van der Waals surface area contributed by atoms with E-state index in [1.54, 1.807) is 12.1 Å². The fraction of sp³-hybridized carbons (Fsp3) is 0.533. The minimum atomic E-state index is -0.389. The van der Waals surface area contributed by atoms with E-state index < -0.39 is 0 Å². The molecule has 1 aromatic rings. The van der Waals surface area contributed by atoms with Crippen LogP contribution in [0, 0.1) is 11.7 Å². The van der Waals surface area contributed by atoms with Crippen LogP contribution in [0.3, 0.4) is 0 Å². The number of hydrogen-bond donors (Lipinski definition) is 0. The monoisotopic (exact) mass is 281 g/mol. The predicted octanol–water partition coefficient (Wildman–Crippen LogP) is 2.22.